The monoisotopic (exact) mass is 364 g/mol. The number of fused-ring (bicyclic) bond motifs is 1. The molecule has 0 N–H and O–H groups in total. The van der Waals surface area contributed by atoms with E-state index in [4.69, 9.17) is 28.4 Å². The van der Waals surface area contributed by atoms with Crippen LogP contribution in [-0.4, -0.2) is 51.2 Å². The summed E-state index contributed by atoms with van der Waals surface area (Å²) in [5.74, 6) is 0.927. The van der Waals surface area contributed by atoms with Crippen molar-refractivity contribution in [2.24, 2.45) is 5.92 Å². The van der Waals surface area contributed by atoms with Crippen molar-refractivity contribution in [1.29, 1.82) is 0 Å². The number of benzene rings is 1. The van der Waals surface area contributed by atoms with Crippen LogP contribution in [0.1, 0.15) is 19.4 Å². The zero-order valence-electron chi connectivity index (χ0n) is 15.6. The molecule has 0 saturated carbocycles. The molecule has 144 valence electrons. The minimum absolute atomic E-state index is 0.0804. The first-order valence-electron chi connectivity index (χ1n) is 9.02. The molecular weight excluding hydrogens is 336 g/mol. The predicted octanol–water partition coefficient (Wildman–Crippen LogP) is 2.91. The molecule has 2 heterocycles. The third-order valence-corrected chi connectivity index (χ3v) is 4.80. The Bertz CT molecular complexity index is 574. The van der Waals surface area contributed by atoms with Gasteiger partial charge in [0.15, 0.2) is 12.6 Å². The molecule has 2 saturated heterocycles. The fourth-order valence-electron chi connectivity index (χ4n) is 3.38. The number of methoxy groups -OCH3 is 1. The molecule has 2 aliphatic rings. The summed E-state index contributed by atoms with van der Waals surface area (Å²) in [5, 5.41) is 0. The summed E-state index contributed by atoms with van der Waals surface area (Å²) in [6.45, 7) is 9.07. The highest BCUT2D eigenvalue weighted by atomic mass is 16.8. The van der Waals surface area contributed by atoms with E-state index in [1.165, 1.54) is 0 Å². The lowest BCUT2D eigenvalue weighted by atomic mass is 9.90. The molecule has 6 nitrogen and oxygen atoms in total. The van der Waals surface area contributed by atoms with Crippen LogP contribution >= 0.6 is 0 Å². The third kappa shape index (κ3) is 4.45. The van der Waals surface area contributed by atoms with Crippen LogP contribution in [0.25, 0.3) is 0 Å². The summed E-state index contributed by atoms with van der Waals surface area (Å²) in [6, 6.07) is 7.82. The molecule has 26 heavy (non-hydrogen) atoms. The molecule has 1 aromatic carbocycles. The summed E-state index contributed by atoms with van der Waals surface area (Å²) in [7, 11) is 1.65. The number of ether oxygens (including phenoxy) is 6. The van der Waals surface area contributed by atoms with Gasteiger partial charge in [0.05, 0.1) is 33.0 Å². The Labute approximate surface area is 155 Å². The molecule has 6 atom stereocenters. The van der Waals surface area contributed by atoms with Gasteiger partial charge in [0.2, 0.25) is 0 Å². The highest BCUT2D eigenvalue weighted by molar-refractivity contribution is 5.26. The Kier molecular flexibility index (Phi) is 6.67. The highest BCUT2D eigenvalue weighted by Gasteiger charge is 2.48. The molecule has 0 radical (unpaired) electrons. The largest absolute Gasteiger partial charge is 0.497 e. The van der Waals surface area contributed by atoms with Crippen LogP contribution in [0.5, 0.6) is 5.75 Å². The van der Waals surface area contributed by atoms with E-state index in [2.05, 4.69) is 13.5 Å². The molecule has 0 aromatic heterocycles. The highest BCUT2D eigenvalue weighted by Crippen LogP contribution is 2.34. The van der Waals surface area contributed by atoms with E-state index in [0.29, 0.717) is 19.8 Å². The van der Waals surface area contributed by atoms with Crippen molar-refractivity contribution < 1.29 is 28.4 Å². The molecule has 6 heteroatoms. The quantitative estimate of drug-likeness (QED) is 0.694. The van der Waals surface area contributed by atoms with Crippen molar-refractivity contribution >= 4 is 0 Å². The van der Waals surface area contributed by atoms with Gasteiger partial charge in [-0.15, -0.1) is 6.58 Å². The van der Waals surface area contributed by atoms with Gasteiger partial charge in [-0.1, -0.05) is 25.1 Å². The first-order chi connectivity index (χ1) is 12.6. The number of hydrogen-bond donors (Lipinski definition) is 0. The zero-order valence-corrected chi connectivity index (χ0v) is 15.6. The molecule has 1 aromatic rings. The van der Waals surface area contributed by atoms with Crippen LogP contribution in [0.2, 0.25) is 0 Å². The zero-order chi connectivity index (χ0) is 18.5. The van der Waals surface area contributed by atoms with Gasteiger partial charge in [-0.3, -0.25) is 0 Å². The van der Waals surface area contributed by atoms with Crippen LogP contribution in [0.15, 0.2) is 36.9 Å². The van der Waals surface area contributed by atoms with E-state index in [1.54, 1.807) is 13.2 Å². The second kappa shape index (κ2) is 8.97. The lowest BCUT2D eigenvalue weighted by Gasteiger charge is -2.47. The molecule has 0 aliphatic carbocycles. The average Bonchev–Trinajstić information content (AvgIpc) is 2.66. The van der Waals surface area contributed by atoms with Gasteiger partial charge in [-0.05, 0) is 24.6 Å². The summed E-state index contributed by atoms with van der Waals surface area (Å²) in [5.41, 5.74) is 1.06. The van der Waals surface area contributed by atoms with Crippen LogP contribution in [0, 0.1) is 5.92 Å². The van der Waals surface area contributed by atoms with Gasteiger partial charge < -0.3 is 28.4 Å². The SMILES string of the molecule is C=CCO[C@@H]1O[C@@H]2COC(C)O[C@H]2[C@H](C)[C@H]1OCc1ccc(OC)cc1. The van der Waals surface area contributed by atoms with Crippen LogP contribution in [0.4, 0.5) is 0 Å². The van der Waals surface area contributed by atoms with Gasteiger partial charge in [0.25, 0.3) is 0 Å². The van der Waals surface area contributed by atoms with E-state index in [-0.39, 0.29) is 30.5 Å². The predicted molar refractivity (Wildman–Crippen MR) is 95.8 cm³/mol. The Morgan fingerprint density at radius 2 is 1.92 bits per heavy atom. The van der Waals surface area contributed by atoms with E-state index in [0.717, 1.165) is 11.3 Å². The summed E-state index contributed by atoms with van der Waals surface area (Å²) in [4.78, 5) is 0. The number of rotatable bonds is 7. The second-order valence-electron chi connectivity index (χ2n) is 6.65. The van der Waals surface area contributed by atoms with Gasteiger partial charge >= 0.3 is 0 Å². The molecule has 2 aliphatic heterocycles. The Hall–Kier alpha value is -1.44. The lowest BCUT2D eigenvalue weighted by Crippen LogP contribution is -2.60. The van der Waals surface area contributed by atoms with Crippen molar-refractivity contribution in [3.05, 3.63) is 42.5 Å². The minimum atomic E-state index is -0.483. The molecule has 0 amide bonds. The van der Waals surface area contributed by atoms with Crippen molar-refractivity contribution in [3.63, 3.8) is 0 Å². The maximum atomic E-state index is 6.20. The fraction of sp³-hybridized carbons (Fsp3) is 0.600. The summed E-state index contributed by atoms with van der Waals surface area (Å²) in [6.07, 6.45) is 0.498. The van der Waals surface area contributed by atoms with Crippen LogP contribution in [-0.2, 0) is 30.3 Å². The minimum Gasteiger partial charge on any atom is -0.497 e. The topological polar surface area (TPSA) is 55.4 Å². The van der Waals surface area contributed by atoms with Crippen molar-refractivity contribution in [3.8, 4) is 5.75 Å². The summed E-state index contributed by atoms with van der Waals surface area (Å²) >= 11 is 0. The van der Waals surface area contributed by atoms with Gasteiger partial charge in [0, 0.05) is 5.92 Å². The van der Waals surface area contributed by atoms with E-state index in [9.17, 15) is 0 Å². The third-order valence-electron chi connectivity index (χ3n) is 4.80. The first kappa shape index (κ1) is 19.3. The van der Waals surface area contributed by atoms with Crippen LogP contribution in [0.3, 0.4) is 0 Å². The van der Waals surface area contributed by atoms with E-state index in [1.807, 2.05) is 31.2 Å². The average molecular weight is 364 g/mol. The van der Waals surface area contributed by atoms with E-state index >= 15 is 0 Å². The maximum absolute atomic E-state index is 6.20. The van der Waals surface area contributed by atoms with Crippen molar-refractivity contribution in [2.75, 3.05) is 20.3 Å². The van der Waals surface area contributed by atoms with Gasteiger partial charge in [-0.2, -0.15) is 0 Å². The molecule has 0 spiro atoms. The Morgan fingerprint density at radius 1 is 1.15 bits per heavy atom. The Morgan fingerprint density at radius 3 is 2.62 bits per heavy atom. The maximum Gasteiger partial charge on any atom is 0.184 e. The molecule has 3 rings (SSSR count). The van der Waals surface area contributed by atoms with E-state index < -0.39 is 6.29 Å². The van der Waals surface area contributed by atoms with Gasteiger partial charge in [0.1, 0.15) is 18.0 Å². The molecule has 2 fully saturated rings. The summed E-state index contributed by atoms with van der Waals surface area (Å²) < 4.78 is 34.8. The van der Waals surface area contributed by atoms with Crippen LogP contribution < -0.4 is 4.74 Å². The standard InChI is InChI=1S/C20H28O6/c1-5-10-22-20-19(24-11-15-6-8-16(21-4)9-7-15)13(2)18-17(26-20)12-23-14(3)25-18/h5-9,13-14,17-20H,1,10-12H2,2-4H3/t13-,14?,17+,18-,19+,20+/m0/s1. The lowest BCUT2D eigenvalue weighted by molar-refractivity contribution is -0.350. The van der Waals surface area contributed by atoms with Crippen molar-refractivity contribution in [2.45, 2.75) is 51.3 Å². The fourth-order valence-corrected chi connectivity index (χ4v) is 3.38. The molecule has 1 unspecified atom stereocenters. The molecular formula is C20H28O6. The molecule has 0 bridgehead atoms. The van der Waals surface area contributed by atoms with Gasteiger partial charge in [-0.25, -0.2) is 0 Å². The smallest absolute Gasteiger partial charge is 0.184 e. The normalized spacial score (nSPS) is 34.1. The van der Waals surface area contributed by atoms with Crippen molar-refractivity contribution in [1.82, 2.24) is 0 Å². The number of hydrogen-bond acceptors (Lipinski definition) is 6. The Balaban J connectivity index is 1.68. The second-order valence-corrected chi connectivity index (χ2v) is 6.65. The first-order valence-corrected chi connectivity index (χ1v) is 9.02.